The molecule has 3 aromatic rings. The van der Waals surface area contributed by atoms with Crippen LogP contribution in [0.1, 0.15) is 11.3 Å². The average Bonchev–Trinajstić information content (AvgIpc) is 2.79. The maximum absolute atomic E-state index is 13.7. The van der Waals surface area contributed by atoms with Gasteiger partial charge in [-0.2, -0.15) is 0 Å². The number of aromatic nitrogens is 2. The third-order valence-corrected chi connectivity index (χ3v) is 3.36. The van der Waals surface area contributed by atoms with E-state index in [1.54, 1.807) is 18.2 Å². The summed E-state index contributed by atoms with van der Waals surface area (Å²) in [4.78, 5) is 4.38. The van der Waals surface area contributed by atoms with Crippen LogP contribution in [0, 0.1) is 12.7 Å². The van der Waals surface area contributed by atoms with Crippen molar-refractivity contribution in [3.8, 4) is 5.75 Å². The average molecular weight is 291 g/mol. The van der Waals surface area contributed by atoms with E-state index in [0.717, 1.165) is 5.69 Å². The summed E-state index contributed by atoms with van der Waals surface area (Å²) in [6.07, 6.45) is 3.79. The van der Waals surface area contributed by atoms with Crippen LogP contribution in [0.2, 0.25) is 5.02 Å². The fourth-order valence-electron chi connectivity index (χ4n) is 2.04. The van der Waals surface area contributed by atoms with Gasteiger partial charge in [0.05, 0.1) is 10.7 Å². The molecule has 0 unspecified atom stereocenters. The van der Waals surface area contributed by atoms with E-state index < -0.39 is 0 Å². The molecule has 3 rings (SSSR count). The lowest BCUT2D eigenvalue weighted by molar-refractivity contribution is 0.302. The summed E-state index contributed by atoms with van der Waals surface area (Å²) in [5.41, 5.74) is 1.95. The molecule has 0 saturated carbocycles. The second-order valence-electron chi connectivity index (χ2n) is 4.47. The quantitative estimate of drug-likeness (QED) is 0.728. The first-order valence-electron chi connectivity index (χ1n) is 6.15. The van der Waals surface area contributed by atoms with Crippen molar-refractivity contribution in [2.24, 2.45) is 0 Å². The zero-order chi connectivity index (χ0) is 14.1. The third-order valence-electron chi connectivity index (χ3n) is 3.00. The van der Waals surface area contributed by atoms with Crippen molar-refractivity contribution >= 4 is 17.2 Å². The minimum absolute atomic E-state index is 0.0666. The van der Waals surface area contributed by atoms with Crippen molar-refractivity contribution in [1.82, 2.24) is 9.38 Å². The van der Waals surface area contributed by atoms with Crippen molar-refractivity contribution in [1.29, 1.82) is 0 Å². The number of hydrogen-bond donors (Lipinski definition) is 0. The molecule has 0 saturated heterocycles. The standard InChI is InChI=1S/C15H12ClFN2O/c1-10-8-19-7-3-6-14(15(19)18-10)20-9-11-12(16)4-2-5-13(11)17/h2-8H,9H2,1H3. The number of ether oxygens (including phenoxy) is 1. The number of pyridine rings is 1. The number of aryl methyl sites for hydroxylation is 1. The Morgan fingerprint density at radius 1 is 1.30 bits per heavy atom. The first-order chi connectivity index (χ1) is 9.65. The van der Waals surface area contributed by atoms with E-state index in [1.807, 2.05) is 29.8 Å². The number of fused-ring (bicyclic) bond motifs is 1. The Hall–Kier alpha value is -2.07. The van der Waals surface area contributed by atoms with Gasteiger partial charge in [-0.05, 0) is 31.2 Å². The van der Waals surface area contributed by atoms with Gasteiger partial charge in [-0.15, -0.1) is 0 Å². The van der Waals surface area contributed by atoms with Gasteiger partial charge in [0.1, 0.15) is 12.4 Å². The van der Waals surface area contributed by atoms with Crippen LogP contribution in [0.5, 0.6) is 5.75 Å². The molecule has 0 aliphatic carbocycles. The van der Waals surface area contributed by atoms with Gasteiger partial charge < -0.3 is 9.14 Å². The lowest BCUT2D eigenvalue weighted by atomic mass is 10.2. The summed E-state index contributed by atoms with van der Waals surface area (Å²) in [6, 6.07) is 8.23. The maximum Gasteiger partial charge on any atom is 0.179 e. The summed E-state index contributed by atoms with van der Waals surface area (Å²) >= 11 is 5.98. The molecule has 0 bridgehead atoms. The molecule has 0 aliphatic heterocycles. The molecular formula is C15H12ClFN2O. The summed E-state index contributed by atoms with van der Waals surface area (Å²) < 4.78 is 21.2. The Kier molecular flexibility index (Phi) is 3.32. The monoisotopic (exact) mass is 290 g/mol. The molecule has 20 heavy (non-hydrogen) atoms. The number of rotatable bonds is 3. The van der Waals surface area contributed by atoms with Crippen LogP contribution in [0.4, 0.5) is 4.39 Å². The molecule has 2 heterocycles. The number of nitrogens with zero attached hydrogens (tertiary/aromatic N) is 2. The van der Waals surface area contributed by atoms with Crippen LogP contribution < -0.4 is 4.74 Å². The summed E-state index contributed by atoms with van der Waals surface area (Å²) in [5.74, 6) is 0.226. The highest BCUT2D eigenvalue weighted by Gasteiger charge is 2.10. The highest BCUT2D eigenvalue weighted by atomic mass is 35.5. The summed E-state index contributed by atoms with van der Waals surface area (Å²) in [5, 5.41) is 0.358. The number of benzene rings is 1. The van der Waals surface area contributed by atoms with E-state index in [4.69, 9.17) is 16.3 Å². The zero-order valence-corrected chi connectivity index (χ0v) is 11.6. The molecule has 0 atom stereocenters. The molecule has 3 nitrogen and oxygen atoms in total. The molecule has 0 aliphatic rings. The second kappa shape index (κ2) is 5.13. The molecule has 102 valence electrons. The lowest BCUT2D eigenvalue weighted by Crippen LogP contribution is -2.01. The SMILES string of the molecule is Cc1cn2cccc(OCc3c(F)cccc3Cl)c2n1. The van der Waals surface area contributed by atoms with Crippen molar-refractivity contribution in [3.63, 3.8) is 0 Å². The molecule has 0 N–H and O–H groups in total. The molecule has 0 amide bonds. The molecule has 5 heteroatoms. The fourth-order valence-corrected chi connectivity index (χ4v) is 2.26. The lowest BCUT2D eigenvalue weighted by Gasteiger charge is -2.09. The first kappa shape index (κ1) is 12.9. The van der Waals surface area contributed by atoms with E-state index in [9.17, 15) is 4.39 Å². The largest absolute Gasteiger partial charge is 0.485 e. The highest BCUT2D eigenvalue weighted by molar-refractivity contribution is 6.31. The number of imidazole rings is 1. The number of hydrogen-bond acceptors (Lipinski definition) is 2. The minimum Gasteiger partial charge on any atom is -0.485 e. The third kappa shape index (κ3) is 2.34. The van der Waals surface area contributed by atoms with E-state index in [-0.39, 0.29) is 12.4 Å². The maximum atomic E-state index is 13.7. The van der Waals surface area contributed by atoms with E-state index in [1.165, 1.54) is 6.07 Å². The van der Waals surface area contributed by atoms with Crippen molar-refractivity contribution < 1.29 is 9.13 Å². The van der Waals surface area contributed by atoms with Gasteiger partial charge in [0.2, 0.25) is 0 Å². The van der Waals surface area contributed by atoms with Gasteiger partial charge >= 0.3 is 0 Å². The van der Waals surface area contributed by atoms with E-state index in [0.29, 0.717) is 22.0 Å². The molecule has 0 fully saturated rings. The van der Waals surface area contributed by atoms with Gasteiger partial charge in [0.25, 0.3) is 0 Å². The zero-order valence-electron chi connectivity index (χ0n) is 10.8. The van der Waals surface area contributed by atoms with E-state index in [2.05, 4.69) is 4.98 Å². The van der Waals surface area contributed by atoms with Crippen LogP contribution >= 0.6 is 11.6 Å². The summed E-state index contributed by atoms with van der Waals surface area (Å²) in [7, 11) is 0. The van der Waals surface area contributed by atoms with Gasteiger partial charge in [0, 0.05) is 18.0 Å². The van der Waals surface area contributed by atoms with Gasteiger partial charge in [-0.25, -0.2) is 9.37 Å². The fraction of sp³-hybridized carbons (Fsp3) is 0.133. The van der Waals surface area contributed by atoms with Crippen molar-refractivity contribution in [2.45, 2.75) is 13.5 Å². The molecular weight excluding hydrogens is 279 g/mol. The Bertz CT molecular complexity index is 749. The topological polar surface area (TPSA) is 26.5 Å². The Balaban J connectivity index is 1.91. The van der Waals surface area contributed by atoms with E-state index >= 15 is 0 Å². The molecule has 2 aromatic heterocycles. The second-order valence-corrected chi connectivity index (χ2v) is 4.88. The van der Waals surface area contributed by atoms with Crippen LogP contribution in [-0.2, 0) is 6.61 Å². The predicted octanol–water partition coefficient (Wildman–Crippen LogP) is 4.01. The molecule has 0 spiro atoms. The van der Waals surface area contributed by atoms with Gasteiger partial charge in [0.15, 0.2) is 11.4 Å². The molecule has 0 radical (unpaired) electrons. The number of halogens is 2. The smallest absolute Gasteiger partial charge is 0.179 e. The summed E-state index contributed by atoms with van der Waals surface area (Å²) in [6.45, 7) is 1.97. The highest BCUT2D eigenvalue weighted by Crippen LogP contribution is 2.24. The van der Waals surface area contributed by atoms with Crippen LogP contribution in [0.3, 0.4) is 0 Å². The normalized spacial score (nSPS) is 10.9. The Morgan fingerprint density at radius 2 is 2.15 bits per heavy atom. The molecule has 1 aromatic carbocycles. The van der Waals surface area contributed by atoms with Crippen molar-refractivity contribution in [3.05, 3.63) is 64.8 Å². The Labute approximate surface area is 120 Å². The van der Waals surface area contributed by atoms with Gasteiger partial charge in [-0.3, -0.25) is 0 Å². The van der Waals surface area contributed by atoms with Gasteiger partial charge in [-0.1, -0.05) is 17.7 Å². The van der Waals surface area contributed by atoms with Crippen LogP contribution in [0.25, 0.3) is 5.65 Å². The first-order valence-corrected chi connectivity index (χ1v) is 6.53. The Morgan fingerprint density at radius 3 is 2.95 bits per heavy atom. The van der Waals surface area contributed by atoms with Crippen LogP contribution in [0.15, 0.2) is 42.7 Å². The van der Waals surface area contributed by atoms with Crippen LogP contribution in [-0.4, -0.2) is 9.38 Å². The van der Waals surface area contributed by atoms with Crippen molar-refractivity contribution in [2.75, 3.05) is 0 Å². The predicted molar refractivity (Wildman–Crippen MR) is 75.7 cm³/mol. The minimum atomic E-state index is -0.371.